The molecular formula is C20H19FN4O. The van der Waals surface area contributed by atoms with E-state index in [1.54, 1.807) is 24.3 Å². The fourth-order valence-electron chi connectivity index (χ4n) is 2.40. The molecule has 1 aromatic heterocycles. The first kappa shape index (κ1) is 17.5. The first-order valence-electron chi connectivity index (χ1n) is 8.22. The minimum Gasteiger partial charge on any atom is -0.347 e. The van der Waals surface area contributed by atoms with E-state index in [1.165, 1.54) is 12.1 Å². The molecule has 132 valence electrons. The molecule has 0 aliphatic heterocycles. The number of aryl methyl sites for hydroxylation is 2. The van der Waals surface area contributed by atoms with E-state index in [1.807, 2.05) is 32.0 Å². The monoisotopic (exact) mass is 350 g/mol. The Morgan fingerprint density at radius 2 is 1.77 bits per heavy atom. The van der Waals surface area contributed by atoms with Crippen LogP contribution in [0.25, 0.3) is 0 Å². The van der Waals surface area contributed by atoms with Crippen molar-refractivity contribution in [2.75, 3.05) is 5.32 Å². The first-order valence-corrected chi connectivity index (χ1v) is 8.22. The van der Waals surface area contributed by atoms with Crippen molar-refractivity contribution >= 4 is 17.4 Å². The van der Waals surface area contributed by atoms with Crippen molar-refractivity contribution in [2.45, 2.75) is 20.4 Å². The standard InChI is InChI=1S/C20H19FN4O/c1-13-3-4-14(2)18(11-13)23-19-10-9-17(24-25-19)20(26)22-12-15-5-7-16(21)8-6-15/h3-11H,12H2,1-2H3,(H,22,26)(H,23,25). The molecule has 0 fully saturated rings. The van der Waals surface area contributed by atoms with E-state index in [-0.39, 0.29) is 17.4 Å². The quantitative estimate of drug-likeness (QED) is 0.732. The molecule has 3 aromatic rings. The van der Waals surface area contributed by atoms with Crippen LogP contribution in [0.4, 0.5) is 15.9 Å². The van der Waals surface area contributed by atoms with Gasteiger partial charge in [0.2, 0.25) is 0 Å². The Bertz CT molecular complexity index is 908. The van der Waals surface area contributed by atoms with Crippen LogP contribution in [0.15, 0.2) is 54.6 Å². The van der Waals surface area contributed by atoms with E-state index >= 15 is 0 Å². The Kier molecular flexibility index (Phi) is 5.22. The summed E-state index contributed by atoms with van der Waals surface area (Å²) in [6.07, 6.45) is 0. The Labute approximate surface area is 151 Å². The molecule has 1 amide bonds. The third-order valence-electron chi connectivity index (χ3n) is 3.92. The van der Waals surface area contributed by atoms with Crippen LogP contribution < -0.4 is 10.6 Å². The lowest BCUT2D eigenvalue weighted by molar-refractivity contribution is 0.0945. The van der Waals surface area contributed by atoms with Gasteiger partial charge in [-0.1, -0.05) is 24.3 Å². The van der Waals surface area contributed by atoms with Crippen molar-refractivity contribution in [3.63, 3.8) is 0 Å². The third kappa shape index (κ3) is 4.42. The predicted octanol–water partition coefficient (Wildman–Crippen LogP) is 3.91. The van der Waals surface area contributed by atoms with Gasteiger partial charge in [-0.3, -0.25) is 4.79 Å². The number of carbonyl (C=O) groups excluding carboxylic acids is 1. The summed E-state index contributed by atoms with van der Waals surface area (Å²) < 4.78 is 12.9. The minimum absolute atomic E-state index is 0.221. The molecule has 2 aromatic carbocycles. The molecule has 0 aliphatic carbocycles. The van der Waals surface area contributed by atoms with Crippen LogP contribution in [-0.2, 0) is 6.54 Å². The summed E-state index contributed by atoms with van der Waals surface area (Å²) in [5.41, 5.74) is 4.22. The highest BCUT2D eigenvalue weighted by Gasteiger charge is 2.09. The van der Waals surface area contributed by atoms with Gasteiger partial charge in [0, 0.05) is 12.2 Å². The largest absolute Gasteiger partial charge is 0.347 e. The fraction of sp³-hybridized carbons (Fsp3) is 0.150. The summed E-state index contributed by atoms with van der Waals surface area (Å²) in [5, 5.41) is 14.0. The summed E-state index contributed by atoms with van der Waals surface area (Å²) >= 11 is 0. The highest BCUT2D eigenvalue weighted by Crippen LogP contribution is 2.20. The van der Waals surface area contributed by atoms with E-state index in [0.29, 0.717) is 12.4 Å². The van der Waals surface area contributed by atoms with Gasteiger partial charge in [-0.25, -0.2) is 4.39 Å². The smallest absolute Gasteiger partial charge is 0.272 e. The maximum absolute atomic E-state index is 12.9. The van der Waals surface area contributed by atoms with E-state index < -0.39 is 0 Å². The van der Waals surface area contributed by atoms with Crippen molar-refractivity contribution in [1.82, 2.24) is 15.5 Å². The molecule has 5 nitrogen and oxygen atoms in total. The van der Waals surface area contributed by atoms with Gasteiger partial charge in [-0.2, -0.15) is 0 Å². The van der Waals surface area contributed by atoms with Gasteiger partial charge in [0.25, 0.3) is 5.91 Å². The Morgan fingerprint density at radius 3 is 2.46 bits per heavy atom. The molecule has 26 heavy (non-hydrogen) atoms. The molecular weight excluding hydrogens is 331 g/mol. The van der Waals surface area contributed by atoms with E-state index in [2.05, 4.69) is 20.8 Å². The number of halogens is 1. The second kappa shape index (κ2) is 7.74. The predicted molar refractivity (Wildman–Crippen MR) is 98.8 cm³/mol. The molecule has 6 heteroatoms. The van der Waals surface area contributed by atoms with Gasteiger partial charge in [0.05, 0.1) is 0 Å². The zero-order valence-electron chi connectivity index (χ0n) is 14.6. The molecule has 0 saturated heterocycles. The lowest BCUT2D eigenvalue weighted by atomic mass is 10.1. The number of carbonyl (C=O) groups is 1. The highest BCUT2D eigenvalue weighted by molar-refractivity contribution is 5.92. The highest BCUT2D eigenvalue weighted by atomic mass is 19.1. The lowest BCUT2D eigenvalue weighted by Crippen LogP contribution is -2.24. The maximum Gasteiger partial charge on any atom is 0.272 e. The summed E-state index contributed by atoms with van der Waals surface area (Å²) in [6, 6.07) is 15.4. The number of aromatic nitrogens is 2. The van der Waals surface area contributed by atoms with Gasteiger partial charge in [-0.05, 0) is 60.9 Å². The SMILES string of the molecule is Cc1ccc(C)c(Nc2ccc(C(=O)NCc3ccc(F)cc3)nn2)c1. The summed E-state index contributed by atoms with van der Waals surface area (Å²) in [6.45, 7) is 4.32. The Hall–Kier alpha value is -3.28. The minimum atomic E-state index is -0.333. The molecule has 0 radical (unpaired) electrons. The molecule has 3 rings (SSSR count). The van der Waals surface area contributed by atoms with Crippen LogP contribution in [-0.4, -0.2) is 16.1 Å². The van der Waals surface area contributed by atoms with Crippen LogP contribution >= 0.6 is 0 Å². The Morgan fingerprint density at radius 1 is 1.00 bits per heavy atom. The molecule has 0 aliphatic rings. The second-order valence-electron chi connectivity index (χ2n) is 6.06. The van der Waals surface area contributed by atoms with E-state index in [4.69, 9.17) is 0 Å². The third-order valence-corrected chi connectivity index (χ3v) is 3.92. The summed E-state index contributed by atoms with van der Waals surface area (Å²) in [4.78, 5) is 12.1. The second-order valence-corrected chi connectivity index (χ2v) is 6.06. The summed E-state index contributed by atoms with van der Waals surface area (Å²) in [7, 11) is 0. The van der Waals surface area contributed by atoms with E-state index in [9.17, 15) is 9.18 Å². The molecule has 0 atom stereocenters. The molecule has 0 unspecified atom stereocenters. The summed E-state index contributed by atoms with van der Waals surface area (Å²) in [5.74, 6) is -0.0771. The molecule has 2 N–H and O–H groups in total. The number of hydrogen-bond donors (Lipinski definition) is 2. The number of anilines is 2. The van der Waals surface area contributed by atoms with Crippen LogP contribution in [0, 0.1) is 19.7 Å². The van der Waals surface area contributed by atoms with Crippen molar-refractivity contribution in [3.05, 3.63) is 82.8 Å². The maximum atomic E-state index is 12.9. The average molecular weight is 350 g/mol. The van der Waals surface area contributed by atoms with Crippen molar-refractivity contribution in [3.8, 4) is 0 Å². The fourth-order valence-corrected chi connectivity index (χ4v) is 2.40. The number of nitrogens with one attached hydrogen (secondary N) is 2. The number of amides is 1. The van der Waals surface area contributed by atoms with Crippen LogP contribution in [0.2, 0.25) is 0 Å². The van der Waals surface area contributed by atoms with Gasteiger partial charge in [0.15, 0.2) is 11.5 Å². The average Bonchev–Trinajstić information content (AvgIpc) is 2.64. The molecule has 0 saturated carbocycles. The zero-order valence-corrected chi connectivity index (χ0v) is 14.6. The van der Waals surface area contributed by atoms with Gasteiger partial charge < -0.3 is 10.6 Å². The van der Waals surface area contributed by atoms with Gasteiger partial charge in [0.1, 0.15) is 5.82 Å². The molecule has 1 heterocycles. The van der Waals surface area contributed by atoms with Gasteiger partial charge >= 0.3 is 0 Å². The number of rotatable bonds is 5. The molecule has 0 bridgehead atoms. The van der Waals surface area contributed by atoms with Crippen LogP contribution in [0.1, 0.15) is 27.2 Å². The van der Waals surface area contributed by atoms with Crippen molar-refractivity contribution in [2.24, 2.45) is 0 Å². The number of hydrogen-bond acceptors (Lipinski definition) is 4. The van der Waals surface area contributed by atoms with Crippen molar-refractivity contribution in [1.29, 1.82) is 0 Å². The van der Waals surface area contributed by atoms with Crippen LogP contribution in [0.3, 0.4) is 0 Å². The van der Waals surface area contributed by atoms with E-state index in [0.717, 1.165) is 22.4 Å². The Balaban J connectivity index is 1.62. The van der Waals surface area contributed by atoms with Crippen LogP contribution in [0.5, 0.6) is 0 Å². The van der Waals surface area contributed by atoms with Gasteiger partial charge in [-0.15, -0.1) is 10.2 Å². The zero-order chi connectivity index (χ0) is 18.5. The first-order chi connectivity index (χ1) is 12.5. The lowest BCUT2D eigenvalue weighted by Gasteiger charge is -2.10. The molecule has 0 spiro atoms. The number of benzene rings is 2. The normalized spacial score (nSPS) is 10.4. The number of nitrogens with zero attached hydrogens (tertiary/aromatic N) is 2. The van der Waals surface area contributed by atoms with Crippen molar-refractivity contribution < 1.29 is 9.18 Å². The topological polar surface area (TPSA) is 66.9 Å².